The van der Waals surface area contributed by atoms with Crippen molar-refractivity contribution in [3.63, 3.8) is 0 Å². The summed E-state index contributed by atoms with van der Waals surface area (Å²) in [7, 11) is 0. The van der Waals surface area contributed by atoms with Crippen LogP contribution in [-0.2, 0) is 9.59 Å². The molecule has 118 valence electrons. The normalized spacial score (nSPS) is 34.4. The van der Waals surface area contributed by atoms with Gasteiger partial charge in [0.05, 0.1) is 5.41 Å². The zero-order chi connectivity index (χ0) is 14.9. The summed E-state index contributed by atoms with van der Waals surface area (Å²) in [5.41, 5.74) is -0.669. The lowest BCUT2D eigenvalue weighted by atomic mass is 9.67. The third-order valence-electron chi connectivity index (χ3n) is 6.28. The lowest BCUT2D eigenvalue weighted by Crippen LogP contribution is -2.49. The quantitative estimate of drug-likeness (QED) is 0.837. The molecule has 4 heteroatoms. The van der Waals surface area contributed by atoms with Gasteiger partial charge in [-0.2, -0.15) is 0 Å². The lowest BCUT2D eigenvalue weighted by molar-refractivity contribution is -0.154. The molecule has 0 radical (unpaired) electrons. The van der Waals surface area contributed by atoms with Crippen molar-refractivity contribution < 1.29 is 14.7 Å². The molecule has 0 aromatic carbocycles. The average molecular weight is 293 g/mol. The van der Waals surface area contributed by atoms with Crippen molar-refractivity contribution in [3.8, 4) is 0 Å². The Hall–Kier alpha value is -1.06. The van der Waals surface area contributed by atoms with Gasteiger partial charge in [0.15, 0.2) is 0 Å². The van der Waals surface area contributed by atoms with Gasteiger partial charge in [0.25, 0.3) is 0 Å². The van der Waals surface area contributed by atoms with Crippen LogP contribution in [0.4, 0.5) is 0 Å². The standard InChI is InChI=1S/C17H27NO3/c19-15(18-11-17(16(20)21)8-3-9-17)14-7-6-12-4-1-2-5-13(12)10-14/h12-14H,1-11H2,(H,18,19)(H,20,21). The fourth-order valence-electron chi connectivity index (χ4n) is 4.58. The molecule has 0 bridgehead atoms. The van der Waals surface area contributed by atoms with Gasteiger partial charge in [0.2, 0.25) is 5.91 Å². The minimum atomic E-state index is -0.745. The second-order valence-electron chi connectivity index (χ2n) is 7.47. The molecule has 4 nitrogen and oxygen atoms in total. The Morgan fingerprint density at radius 3 is 2.33 bits per heavy atom. The van der Waals surface area contributed by atoms with Gasteiger partial charge in [0.1, 0.15) is 0 Å². The first kappa shape index (κ1) is 14.9. The predicted molar refractivity (Wildman–Crippen MR) is 79.7 cm³/mol. The number of rotatable bonds is 4. The van der Waals surface area contributed by atoms with E-state index in [0.717, 1.165) is 31.1 Å². The highest BCUT2D eigenvalue weighted by Crippen LogP contribution is 2.43. The van der Waals surface area contributed by atoms with Crippen molar-refractivity contribution in [1.82, 2.24) is 5.32 Å². The molecule has 0 saturated heterocycles. The van der Waals surface area contributed by atoms with Crippen LogP contribution >= 0.6 is 0 Å². The first-order valence-corrected chi connectivity index (χ1v) is 8.62. The van der Waals surface area contributed by atoms with Crippen LogP contribution in [0.3, 0.4) is 0 Å². The van der Waals surface area contributed by atoms with Crippen LogP contribution < -0.4 is 5.32 Å². The summed E-state index contributed by atoms with van der Waals surface area (Å²) in [5, 5.41) is 12.3. The van der Waals surface area contributed by atoms with E-state index in [9.17, 15) is 14.7 Å². The van der Waals surface area contributed by atoms with E-state index >= 15 is 0 Å². The van der Waals surface area contributed by atoms with E-state index in [0.29, 0.717) is 19.4 Å². The Morgan fingerprint density at radius 2 is 1.71 bits per heavy atom. The summed E-state index contributed by atoms with van der Waals surface area (Å²) >= 11 is 0. The highest BCUT2D eigenvalue weighted by atomic mass is 16.4. The maximum Gasteiger partial charge on any atom is 0.311 e. The van der Waals surface area contributed by atoms with Crippen molar-refractivity contribution in [3.05, 3.63) is 0 Å². The molecular formula is C17H27NO3. The van der Waals surface area contributed by atoms with Gasteiger partial charge < -0.3 is 10.4 Å². The number of carboxylic acids is 1. The monoisotopic (exact) mass is 293 g/mol. The molecule has 0 aliphatic heterocycles. The van der Waals surface area contributed by atoms with E-state index in [1.807, 2.05) is 0 Å². The molecule has 3 rings (SSSR count). The number of carbonyl (C=O) groups is 2. The zero-order valence-electron chi connectivity index (χ0n) is 12.8. The van der Waals surface area contributed by atoms with Crippen molar-refractivity contribution in [2.24, 2.45) is 23.2 Å². The van der Waals surface area contributed by atoms with E-state index in [4.69, 9.17) is 0 Å². The van der Waals surface area contributed by atoms with Crippen LogP contribution in [0, 0.1) is 23.2 Å². The van der Waals surface area contributed by atoms with Crippen LogP contribution in [0.5, 0.6) is 0 Å². The number of aliphatic carboxylic acids is 1. The molecule has 1 amide bonds. The predicted octanol–water partition coefficient (Wildman–Crippen LogP) is 2.96. The van der Waals surface area contributed by atoms with Crippen LogP contribution in [0.2, 0.25) is 0 Å². The molecule has 3 aliphatic carbocycles. The van der Waals surface area contributed by atoms with E-state index < -0.39 is 11.4 Å². The molecule has 0 aromatic heterocycles. The summed E-state index contributed by atoms with van der Waals surface area (Å²) in [5.74, 6) is 1.06. The minimum absolute atomic E-state index is 0.103. The summed E-state index contributed by atoms with van der Waals surface area (Å²) in [6, 6.07) is 0. The number of carbonyl (C=O) groups excluding carboxylic acids is 1. The number of hydrogen-bond acceptors (Lipinski definition) is 2. The van der Waals surface area contributed by atoms with Crippen molar-refractivity contribution >= 4 is 11.9 Å². The number of fused-ring (bicyclic) bond motifs is 1. The Labute approximate surface area is 126 Å². The van der Waals surface area contributed by atoms with Crippen molar-refractivity contribution in [1.29, 1.82) is 0 Å². The van der Waals surface area contributed by atoms with Gasteiger partial charge in [-0.05, 0) is 43.9 Å². The molecule has 3 saturated carbocycles. The Bertz CT molecular complexity index is 416. The molecule has 2 N–H and O–H groups in total. The van der Waals surface area contributed by atoms with Crippen LogP contribution in [0.25, 0.3) is 0 Å². The number of nitrogens with one attached hydrogen (secondary N) is 1. The third kappa shape index (κ3) is 2.95. The summed E-state index contributed by atoms with van der Waals surface area (Å²) in [6.07, 6.45) is 10.9. The summed E-state index contributed by atoms with van der Waals surface area (Å²) < 4.78 is 0. The van der Waals surface area contributed by atoms with Gasteiger partial charge in [-0.15, -0.1) is 0 Å². The van der Waals surface area contributed by atoms with E-state index in [2.05, 4.69) is 5.32 Å². The number of amides is 1. The highest BCUT2D eigenvalue weighted by Gasteiger charge is 2.45. The maximum atomic E-state index is 12.4. The Balaban J connectivity index is 1.50. The molecule has 3 atom stereocenters. The van der Waals surface area contributed by atoms with Gasteiger partial charge in [-0.25, -0.2) is 0 Å². The van der Waals surface area contributed by atoms with Crippen LogP contribution in [-0.4, -0.2) is 23.5 Å². The van der Waals surface area contributed by atoms with Crippen LogP contribution in [0.1, 0.15) is 64.2 Å². The number of hydrogen-bond donors (Lipinski definition) is 2. The van der Waals surface area contributed by atoms with Crippen molar-refractivity contribution in [2.45, 2.75) is 64.2 Å². The van der Waals surface area contributed by atoms with Gasteiger partial charge >= 0.3 is 5.97 Å². The molecule has 21 heavy (non-hydrogen) atoms. The van der Waals surface area contributed by atoms with Gasteiger partial charge in [-0.1, -0.05) is 32.1 Å². The van der Waals surface area contributed by atoms with Crippen molar-refractivity contribution in [2.75, 3.05) is 6.54 Å². The Morgan fingerprint density at radius 1 is 1.00 bits per heavy atom. The fraction of sp³-hybridized carbons (Fsp3) is 0.882. The zero-order valence-corrected chi connectivity index (χ0v) is 12.8. The van der Waals surface area contributed by atoms with E-state index in [-0.39, 0.29) is 11.8 Å². The van der Waals surface area contributed by atoms with E-state index in [1.54, 1.807) is 0 Å². The molecule has 0 spiro atoms. The van der Waals surface area contributed by atoms with Gasteiger partial charge in [-0.3, -0.25) is 9.59 Å². The van der Waals surface area contributed by atoms with E-state index in [1.165, 1.54) is 32.1 Å². The molecule has 0 heterocycles. The first-order valence-electron chi connectivity index (χ1n) is 8.62. The second kappa shape index (κ2) is 5.98. The smallest absolute Gasteiger partial charge is 0.311 e. The second-order valence-corrected chi connectivity index (χ2v) is 7.47. The average Bonchev–Trinajstić information content (AvgIpc) is 2.45. The molecular weight excluding hydrogens is 266 g/mol. The SMILES string of the molecule is O=C(NCC1(C(=O)O)CCC1)C1CCC2CCCCC2C1. The molecule has 0 aromatic rings. The molecule has 3 fully saturated rings. The largest absolute Gasteiger partial charge is 0.481 e. The van der Waals surface area contributed by atoms with Gasteiger partial charge in [0, 0.05) is 12.5 Å². The van der Waals surface area contributed by atoms with Crippen LogP contribution in [0.15, 0.2) is 0 Å². The number of carboxylic acid groups (broad SMARTS) is 1. The summed E-state index contributed by atoms with van der Waals surface area (Å²) in [4.78, 5) is 23.7. The highest BCUT2D eigenvalue weighted by molar-refractivity contribution is 5.81. The molecule has 3 unspecified atom stereocenters. The minimum Gasteiger partial charge on any atom is -0.481 e. The lowest BCUT2D eigenvalue weighted by Gasteiger charge is -2.40. The molecule has 3 aliphatic rings. The summed E-state index contributed by atoms with van der Waals surface area (Å²) in [6.45, 7) is 0.325. The first-order chi connectivity index (χ1) is 10.1. The Kier molecular flexibility index (Phi) is 4.23. The topological polar surface area (TPSA) is 66.4 Å². The third-order valence-corrected chi connectivity index (χ3v) is 6.28. The fourth-order valence-corrected chi connectivity index (χ4v) is 4.58. The maximum absolute atomic E-state index is 12.4.